The fourth-order valence-electron chi connectivity index (χ4n) is 3.43. The zero-order valence-corrected chi connectivity index (χ0v) is 15.1. The molecule has 0 spiro atoms. The first-order valence-electron chi connectivity index (χ1n) is 8.44. The molecule has 5 heteroatoms. The maximum absolute atomic E-state index is 10.1. The lowest BCUT2D eigenvalue weighted by Gasteiger charge is -2.29. The number of methoxy groups -OCH3 is 2. The average molecular weight is 347 g/mol. The minimum atomic E-state index is 0.0643. The standard InChI is InChI=1S/C19H25NO3S/c1-22-16-11-14(12-17(23-2)19(16)21)13-20-9-5-3-4-7-15(20)18-8-6-10-24-18/h6,8,10-12,15,21H,3-5,7,9,13H2,1-2H3/t15-/m0/s1. The van der Waals surface area contributed by atoms with Crippen molar-refractivity contribution in [3.05, 3.63) is 40.1 Å². The van der Waals surface area contributed by atoms with Crippen molar-refractivity contribution in [2.75, 3.05) is 20.8 Å². The number of phenolic OH excluding ortho intramolecular Hbond substituents is 1. The first-order chi connectivity index (χ1) is 11.7. The highest BCUT2D eigenvalue weighted by atomic mass is 32.1. The first-order valence-corrected chi connectivity index (χ1v) is 9.32. The largest absolute Gasteiger partial charge is 0.502 e. The summed E-state index contributed by atoms with van der Waals surface area (Å²) in [5.41, 5.74) is 1.10. The van der Waals surface area contributed by atoms with Crippen molar-refractivity contribution in [2.24, 2.45) is 0 Å². The molecule has 3 rings (SSSR count). The third-order valence-corrected chi connectivity index (χ3v) is 5.63. The maximum Gasteiger partial charge on any atom is 0.200 e. The molecule has 1 aromatic carbocycles. The molecule has 1 aliphatic heterocycles. The summed E-state index contributed by atoms with van der Waals surface area (Å²) in [7, 11) is 3.14. The highest BCUT2D eigenvalue weighted by Gasteiger charge is 2.24. The van der Waals surface area contributed by atoms with Crippen LogP contribution in [0.4, 0.5) is 0 Å². The van der Waals surface area contributed by atoms with Gasteiger partial charge in [-0.25, -0.2) is 0 Å². The molecule has 1 N–H and O–H groups in total. The number of thiophene rings is 1. The Labute approximate surface area is 147 Å². The van der Waals surface area contributed by atoms with Crippen LogP contribution in [0.3, 0.4) is 0 Å². The van der Waals surface area contributed by atoms with Crippen molar-refractivity contribution < 1.29 is 14.6 Å². The molecular formula is C19H25NO3S. The second-order valence-electron chi connectivity index (χ2n) is 6.20. The summed E-state index contributed by atoms with van der Waals surface area (Å²) in [6.45, 7) is 1.92. The van der Waals surface area contributed by atoms with E-state index >= 15 is 0 Å². The Bertz CT molecular complexity index is 632. The van der Waals surface area contributed by atoms with Gasteiger partial charge in [-0.1, -0.05) is 18.9 Å². The van der Waals surface area contributed by atoms with Gasteiger partial charge in [0.1, 0.15) is 0 Å². The van der Waals surface area contributed by atoms with Crippen LogP contribution in [0.5, 0.6) is 17.2 Å². The van der Waals surface area contributed by atoms with Gasteiger partial charge in [0.15, 0.2) is 11.5 Å². The average Bonchev–Trinajstić information content (AvgIpc) is 3.03. The quantitative estimate of drug-likeness (QED) is 0.859. The number of aromatic hydroxyl groups is 1. The molecule has 0 aliphatic carbocycles. The molecule has 0 unspecified atom stereocenters. The Morgan fingerprint density at radius 3 is 2.54 bits per heavy atom. The van der Waals surface area contributed by atoms with Gasteiger partial charge in [0, 0.05) is 17.5 Å². The zero-order chi connectivity index (χ0) is 16.9. The Morgan fingerprint density at radius 1 is 1.17 bits per heavy atom. The second kappa shape index (κ2) is 7.90. The molecular weight excluding hydrogens is 322 g/mol. The summed E-state index contributed by atoms with van der Waals surface area (Å²) >= 11 is 1.84. The van der Waals surface area contributed by atoms with Crippen LogP contribution in [0.15, 0.2) is 29.6 Å². The van der Waals surface area contributed by atoms with E-state index in [1.807, 2.05) is 23.5 Å². The van der Waals surface area contributed by atoms with Gasteiger partial charge < -0.3 is 14.6 Å². The number of likely N-dealkylation sites (tertiary alicyclic amines) is 1. The van der Waals surface area contributed by atoms with E-state index < -0.39 is 0 Å². The van der Waals surface area contributed by atoms with Gasteiger partial charge in [-0.3, -0.25) is 4.90 Å². The molecule has 2 heterocycles. The lowest BCUT2D eigenvalue weighted by atomic mass is 10.1. The van der Waals surface area contributed by atoms with E-state index in [1.165, 1.54) is 30.6 Å². The van der Waals surface area contributed by atoms with Crippen LogP contribution in [0, 0.1) is 0 Å². The van der Waals surface area contributed by atoms with Crippen LogP contribution in [0.1, 0.15) is 42.2 Å². The van der Waals surface area contributed by atoms with Gasteiger partial charge in [0.2, 0.25) is 5.75 Å². The summed E-state index contributed by atoms with van der Waals surface area (Å²) in [5, 5.41) is 12.3. The van der Waals surface area contributed by atoms with E-state index in [0.717, 1.165) is 18.7 Å². The number of ether oxygens (including phenoxy) is 2. The van der Waals surface area contributed by atoms with E-state index in [-0.39, 0.29) is 5.75 Å². The van der Waals surface area contributed by atoms with Crippen molar-refractivity contribution in [3.8, 4) is 17.2 Å². The highest BCUT2D eigenvalue weighted by Crippen LogP contribution is 2.39. The van der Waals surface area contributed by atoms with Gasteiger partial charge in [0.05, 0.1) is 14.2 Å². The highest BCUT2D eigenvalue weighted by molar-refractivity contribution is 7.10. The van der Waals surface area contributed by atoms with Gasteiger partial charge >= 0.3 is 0 Å². The minimum absolute atomic E-state index is 0.0643. The molecule has 1 atom stereocenters. The van der Waals surface area contributed by atoms with E-state index in [2.05, 4.69) is 22.4 Å². The Kier molecular flexibility index (Phi) is 5.63. The van der Waals surface area contributed by atoms with E-state index in [1.54, 1.807) is 14.2 Å². The van der Waals surface area contributed by atoms with Crippen LogP contribution < -0.4 is 9.47 Å². The topological polar surface area (TPSA) is 41.9 Å². The number of hydrogen-bond donors (Lipinski definition) is 1. The minimum Gasteiger partial charge on any atom is -0.502 e. The van der Waals surface area contributed by atoms with E-state index in [9.17, 15) is 5.11 Å². The molecule has 24 heavy (non-hydrogen) atoms. The third kappa shape index (κ3) is 3.68. The van der Waals surface area contributed by atoms with Crippen LogP contribution in [-0.2, 0) is 6.54 Å². The predicted octanol–water partition coefficient (Wildman–Crippen LogP) is 4.59. The van der Waals surface area contributed by atoms with Gasteiger partial charge in [-0.2, -0.15) is 0 Å². The third-order valence-electron chi connectivity index (χ3n) is 4.66. The van der Waals surface area contributed by atoms with E-state index in [0.29, 0.717) is 17.5 Å². The van der Waals surface area contributed by atoms with E-state index in [4.69, 9.17) is 9.47 Å². The number of rotatable bonds is 5. The lowest BCUT2D eigenvalue weighted by Crippen LogP contribution is -2.27. The molecule has 1 aliphatic rings. The lowest BCUT2D eigenvalue weighted by molar-refractivity contribution is 0.194. The number of nitrogens with zero attached hydrogens (tertiary/aromatic N) is 1. The summed E-state index contributed by atoms with van der Waals surface area (Å²) < 4.78 is 10.6. The van der Waals surface area contributed by atoms with Gasteiger partial charge in [-0.15, -0.1) is 11.3 Å². The van der Waals surface area contributed by atoms with Crippen molar-refractivity contribution >= 4 is 11.3 Å². The SMILES string of the molecule is COc1cc(CN2CCCCC[C@H]2c2cccs2)cc(OC)c1O. The summed E-state index contributed by atoms with van der Waals surface area (Å²) in [5.74, 6) is 0.994. The number of benzene rings is 1. The molecule has 0 amide bonds. The Balaban J connectivity index is 1.87. The fourth-order valence-corrected chi connectivity index (χ4v) is 4.33. The molecule has 1 saturated heterocycles. The van der Waals surface area contributed by atoms with Crippen LogP contribution in [-0.4, -0.2) is 30.8 Å². The Morgan fingerprint density at radius 2 is 1.92 bits per heavy atom. The molecule has 2 aromatic rings. The molecule has 130 valence electrons. The first kappa shape index (κ1) is 17.1. The van der Waals surface area contributed by atoms with Crippen molar-refractivity contribution in [1.29, 1.82) is 0 Å². The fraction of sp³-hybridized carbons (Fsp3) is 0.474. The van der Waals surface area contributed by atoms with Crippen molar-refractivity contribution in [3.63, 3.8) is 0 Å². The predicted molar refractivity (Wildman–Crippen MR) is 97.1 cm³/mol. The second-order valence-corrected chi connectivity index (χ2v) is 7.18. The maximum atomic E-state index is 10.1. The smallest absolute Gasteiger partial charge is 0.200 e. The molecule has 4 nitrogen and oxygen atoms in total. The number of phenols is 1. The summed E-state index contributed by atoms with van der Waals surface area (Å²) in [6, 6.07) is 8.67. The van der Waals surface area contributed by atoms with Crippen molar-refractivity contribution in [2.45, 2.75) is 38.3 Å². The molecule has 1 fully saturated rings. The van der Waals surface area contributed by atoms with Gasteiger partial charge in [-0.05, 0) is 48.5 Å². The molecule has 0 saturated carbocycles. The van der Waals surface area contributed by atoms with Crippen molar-refractivity contribution in [1.82, 2.24) is 4.90 Å². The molecule has 0 bridgehead atoms. The monoisotopic (exact) mass is 347 g/mol. The zero-order valence-electron chi connectivity index (χ0n) is 14.3. The normalized spacial score (nSPS) is 19.0. The van der Waals surface area contributed by atoms with Crippen LogP contribution >= 0.6 is 11.3 Å². The van der Waals surface area contributed by atoms with Gasteiger partial charge in [0.25, 0.3) is 0 Å². The van der Waals surface area contributed by atoms with Crippen LogP contribution in [0.25, 0.3) is 0 Å². The molecule has 1 aromatic heterocycles. The Hall–Kier alpha value is -1.72. The number of hydrogen-bond acceptors (Lipinski definition) is 5. The molecule has 0 radical (unpaired) electrons. The summed E-state index contributed by atoms with van der Waals surface area (Å²) in [4.78, 5) is 3.99. The summed E-state index contributed by atoms with van der Waals surface area (Å²) in [6.07, 6.45) is 5.00. The van der Waals surface area contributed by atoms with Crippen LogP contribution in [0.2, 0.25) is 0 Å².